The van der Waals surface area contributed by atoms with Crippen LogP contribution >= 0.6 is 0 Å². The number of benzene rings is 1. The Bertz CT molecular complexity index is 520. The number of aromatic nitrogens is 1. The minimum absolute atomic E-state index is 0.850. The summed E-state index contributed by atoms with van der Waals surface area (Å²) in [7, 11) is 0. The fraction of sp³-hybridized carbons (Fsp3) is 0.357. The Labute approximate surface area is 102 Å². The molecule has 3 heteroatoms. The smallest absolute Gasteiger partial charge is 0.133 e. The lowest BCUT2D eigenvalue weighted by Gasteiger charge is -2.10. The van der Waals surface area contributed by atoms with E-state index < -0.39 is 0 Å². The highest BCUT2D eigenvalue weighted by atomic mass is 15.0. The highest BCUT2D eigenvalue weighted by Crippen LogP contribution is 2.28. The number of hydrogen-bond acceptors (Lipinski definition) is 3. The summed E-state index contributed by atoms with van der Waals surface area (Å²) in [6.07, 6.45) is 4.14. The molecular weight excluding hydrogens is 210 g/mol. The van der Waals surface area contributed by atoms with Crippen LogP contribution in [-0.4, -0.2) is 11.5 Å². The van der Waals surface area contributed by atoms with Crippen molar-refractivity contribution in [2.75, 3.05) is 17.6 Å². The molecule has 0 aliphatic heterocycles. The number of hydrogen-bond donors (Lipinski definition) is 2. The van der Waals surface area contributed by atoms with Gasteiger partial charge >= 0.3 is 0 Å². The van der Waals surface area contributed by atoms with Crippen LogP contribution in [0, 0.1) is 6.92 Å². The normalized spacial score (nSPS) is 10.7. The van der Waals surface area contributed by atoms with E-state index in [0.717, 1.165) is 40.8 Å². The molecule has 1 aromatic heterocycles. The number of fused-ring (bicyclic) bond motifs is 1. The summed E-state index contributed by atoms with van der Waals surface area (Å²) in [4.78, 5) is 4.38. The lowest BCUT2D eigenvalue weighted by molar-refractivity contribution is 0.832. The number of nitrogens with two attached hydrogens (primary N) is 1. The van der Waals surface area contributed by atoms with Gasteiger partial charge in [0.05, 0.1) is 0 Å². The minimum atomic E-state index is 0.850. The molecule has 1 heterocycles. The summed E-state index contributed by atoms with van der Waals surface area (Å²) in [6, 6.07) is 6.11. The highest BCUT2D eigenvalue weighted by molar-refractivity contribution is 6.00. The van der Waals surface area contributed by atoms with Crippen LogP contribution in [0.2, 0.25) is 0 Å². The van der Waals surface area contributed by atoms with E-state index in [2.05, 4.69) is 23.3 Å². The third kappa shape index (κ3) is 2.33. The van der Waals surface area contributed by atoms with E-state index >= 15 is 0 Å². The molecule has 0 aliphatic rings. The van der Waals surface area contributed by atoms with Gasteiger partial charge in [0.25, 0.3) is 0 Å². The first-order valence-electron chi connectivity index (χ1n) is 6.11. The second-order valence-electron chi connectivity index (χ2n) is 4.33. The monoisotopic (exact) mass is 229 g/mol. The van der Waals surface area contributed by atoms with Gasteiger partial charge in [0, 0.05) is 29.2 Å². The predicted molar refractivity (Wildman–Crippen MR) is 74.3 cm³/mol. The molecule has 0 radical (unpaired) electrons. The fourth-order valence-electron chi connectivity index (χ4n) is 1.91. The summed E-state index contributed by atoms with van der Waals surface area (Å²) < 4.78 is 0. The van der Waals surface area contributed by atoms with E-state index in [1.165, 1.54) is 6.42 Å². The second-order valence-corrected chi connectivity index (χ2v) is 4.33. The molecule has 3 N–H and O–H groups in total. The van der Waals surface area contributed by atoms with Gasteiger partial charge < -0.3 is 11.1 Å². The Morgan fingerprint density at radius 2 is 2.06 bits per heavy atom. The van der Waals surface area contributed by atoms with Crippen molar-refractivity contribution in [3.63, 3.8) is 0 Å². The van der Waals surface area contributed by atoms with Gasteiger partial charge in [-0.3, -0.25) is 0 Å². The first-order chi connectivity index (χ1) is 8.24. The van der Waals surface area contributed by atoms with Gasteiger partial charge in [-0.1, -0.05) is 25.5 Å². The minimum Gasteiger partial charge on any atom is -0.398 e. The number of nitrogen functional groups attached to an aromatic ring is 1. The zero-order valence-corrected chi connectivity index (χ0v) is 10.5. The molecule has 0 saturated carbocycles. The van der Waals surface area contributed by atoms with Crippen molar-refractivity contribution in [3.05, 3.63) is 30.0 Å². The molecule has 2 rings (SSSR count). The summed E-state index contributed by atoms with van der Waals surface area (Å²) >= 11 is 0. The number of pyridine rings is 1. The van der Waals surface area contributed by atoms with Crippen LogP contribution in [0.5, 0.6) is 0 Å². The fourth-order valence-corrected chi connectivity index (χ4v) is 1.91. The van der Waals surface area contributed by atoms with Crippen molar-refractivity contribution in [1.82, 2.24) is 4.98 Å². The molecular formula is C14H19N3. The Morgan fingerprint density at radius 1 is 1.24 bits per heavy atom. The van der Waals surface area contributed by atoms with Crippen molar-refractivity contribution in [2.45, 2.75) is 26.7 Å². The van der Waals surface area contributed by atoms with Gasteiger partial charge in [-0.25, -0.2) is 4.98 Å². The van der Waals surface area contributed by atoms with Crippen molar-refractivity contribution in [2.24, 2.45) is 0 Å². The summed E-state index contributed by atoms with van der Waals surface area (Å²) in [5.41, 5.74) is 8.05. The molecule has 0 bridgehead atoms. The molecule has 0 spiro atoms. The molecule has 0 unspecified atom stereocenters. The molecule has 2 aromatic rings. The van der Waals surface area contributed by atoms with Crippen LogP contribution in [0.15, 0.2) is 24.4 Å². The summed E-state index contributed by atoms with van der Waals surface area (Å²) in [6.45, 7) is 5.16. The van der Waals surface area contributed by atoms with E-state index in [-0.39, 0.29) is 0 Å². The molecule has 0 fully saturated rings. The number of aryl methyl sites for hydroxylation is 1. The second kappa shape index (κ2) is 5.04. The lowest BCUT2D eigenvalue weighted by Crippen LogP contribution is -2.04. The Balaban J connectivity index is 2.40. The topological polar surface area (TPSA) is 50.9 Å². The SMILES string of the molecule is CCCCNc1nccc2c(N)c(C)ccc12. The lowest BCUT2D eigenvalue weighted by atomic mass is 10.1. The van der Waals surface area contributed by atoms with Crippen molar-refractivity contribution < 1.29 is 0 Å². The molecule has 0 aliphatic carbocycles. The van der Waals surface area contributed by atoms with Gasteiger partial charge in [0.2, 0.25) is 0 Å². The van der Waals surface area contributed by atoms with E-state index in [4.69, 9.17) is 5.73 Å². The van der Waals surface area contributed by atoms with Crippen molar-refractivity contribution >= 4 is 22.3 Å². The van der Waals surface area contributed by atoms with Crippen LogP contribution in [0.3, 0.4) is 0 Å². The Hall–Kier alpha value is -1.77. The Kier molecular flexibility index (Phi) is 3.47. The highest BCUT2D eigenvalue weighted by Gasteiger charge is 2.05. The molecule has 17 heavy (non-hydrogen) atoms. The summed E-state index contributed by atoms with van der Waals surface area (Å²) in [5, 5.41) is 5.55. The molecule has 0 atom stereocenters. The molecule has 3 nitrogen and oxygen atoms in total. The van der Waals surface area contributed by atoms with E-state index in [9.17, 15) is 0 Å². The third-order valence-electron chi connectivity index (χ3n) is 3.03. The molecule has 90 valence electrons. The Morgan fingerprint density at radius 3 is 2.82 bits per heavy atom. The predicted octanol–water partition coefficient (Wildman–Crippen LogP) is 3.34. The third-order valence-corrected chi connectivity index (χ3v) is 3.03. The first-order valence-corrected chi connectivity index (χ1v) is 6.11. The van der Waals surface area contributed by atoms with Gasteiger partial charge in [-0.15, -0.1) is 0 Å². The molecule has 0 saturated heterocycles. The van der Waals surface area contributed by atoms with Crippen LogP contribution in [0.25, 0.3) is 10.8 Å². The molecule has 0 amide bonds. The van der Waals surface area contributed by atoms with Gasteiger partial charge in [0.15, 0.2) is 0 Å². The van der Waals surface area contributed by atoms with Crippen LogP contribution in [0.1, 0.15) is 25.3 Å². The standard InChI is InChI=1S/C14H19N3/c1-3-4-8-16-14-12-6-5-10(2)13(15)11(12)7-9-17-14/h5-7,9H,3-4,8,15H2,1-2H3,(H,16,17). The van der Waals surface area contributed by atoms with E-state index in [1.54, 1.807) is 0 Å². The van der Waals surface area contributed by atoms with E-state index in [1.807, 2.05) is 25.3 Å². The maximum Gasteiger partial charge on any atom is 0.133 e. The number of unbranched alkanes of at least 4 members (excludes halogenated alkanes) is 1. The zero-order valence-electron chi connectivity index (χ0n) is 10.5. The summed E-state index contributed by atoms with van der Waals surface area (Å²) in [5.74, 6) is 0.933. The van der Waals surface area contributed by atoms with Crippen molar-refractivity contribution in [3.8, 4) is 0 Å². The quantitative estimate of drug-likeness (QED) is 0.624. The van der Waals surface area contributed by atoms with Crippen LogP contribution < -0.4 is 11.1 Å². The largest absolute Gasteiger partial charge is 0.398 e. The van der Waals surface area contributed by atoms with E-state index in [0.29, 0.717) is 0 Å². The zero-order chi connectivity index (χ0) is 12.3. The van der Waals surface area contributed by atoms with Crippen LogP contribution in [-0.2, 0) is 0 Å². The van der Waals surface area contributed by atoms with Gasteiger partial charge in [-0.05, 0) is 25.0 Å². The van der Waals surface area contributed by atoms with Crippen molar-refractivity contribution in [1.29, 1.82) is 0 Å². The molecule has 1 aromatic carbocycles. The van der Waals surface area contributed by atoms with Crippen LogP contribution in [0.4, 0.5) is 11.5 Å². The first kappa shape index (κ1) is 11.7. The number of rotatable bonds is 4. The number of nitrogens with zero attached hydrogens (tertiary/aromatic N) is 1. The average molecular weight is 229 g/mol. The van der Waals surface area contributed by atoms with Gasteiger partial charge in [0.1, 0.15) is 5.82 Å². The average Bonchev–Trinajstić information content (AvgIpc) is 2.35. The van der Waals surface area contributed by atoms with Gasteiger partial charge in [-0.2, -0.15) is 0 Å². The number of anilines is 2. The maximum atomic E-state index is 6.09. The maximum absolute atomic E-state index is 6.09. The number of nitrogens with one attached hydrogen (secondary N) is 1.